The van der Waals surface area contributed by atoms with Gasteiger partial charge in [0.1, 0.15) is 11.6 Å². The standard InChI is InChI=1S/C21H25N3O3/c1-3-27-21(25)15-6-9-18-16(10-15)13-24-20(19(18)11-22)23-12-14-4-7-17(26-2)8-5-14/h4-5,7-8,11,13,15,22H,3,6,9-10,12H2,1-2H3,(H,23,24). The van der Waals surface area contributed by atoms with Gasteiger partial charge in [-0.25, -0.2) is 4.98 Å². The Bertz CT molecular complexity index is 818. The minimum absolute atomic E-state index is 0.115. The molecule has 3 rings (SSSR count). The van der Waals surface area contributed by atoms with Gasteiger partial charge in [0, 0.05) is 24.5 Å². The highest BCUT2D eigenvalue weighted by atomic mass is 16.5. The number of nitrogens with zero attached hydrogens (tertiary/aromatic N) is 1. The number of carbonyl (C=O) groups is 1. The molecule has 0 spiro atoms. The summed E-state index contributed by atoms with van der Waals surface area (Å²) in [4.78, 5) is 16.5. The summed E-state index contributed by atoms with van der Waals surface area (Å²) in [7, 11) is 1.65. The van der Waals surface area contributed by atoms with E-state index in [2.05, 4.69) is 10.3 Å². The lowest BCUT2D eigenvalue weighted by Gasteiger charge is -2.25. The normalized spacial score (nSPS) is 15.6. The molecule has 0 radical (unpaired) electrons. The zero-order chi connectivity index (χ0) is 19.2. The molecule has 1 atom stereocenters. The van der Waals surface area contributed by atoms with Crippen LogP contribution in [0.5, 0.6) is 5.75 Å². The Morgan fingerprint density at radius 3 is 2.81 bits per heavy atom. The van der Waals surface area contributed by atoms with E-state index in [1.54, 1.807) is 7.11 Å². The number of pyridine rings is 1. The second kappa shape index (κ2) is 8.66. The number of rotatable bonds is 7. The van der Waals surface area contributed by atoms with Crippen molar-refractivity contribution in [3.8, 4) is 5.75 Å². The molecule has 0 bridgehead atoms. The number of fused-ring (bicyclic) bond motifs is 1. The van der Waals surface area contributed by atoms with E-state index in [4.69, 9.17) is 14.9 Å². The zero-order valence-corrected chi connectivity index (χ0v) is 15.7. The van der Waals surface area contributed by atoms with Crippen molar-refractivity contribution in [2.45, 2.75) is 32.7 Å². The van der Waals surface area contributed by atoms with Crippen LogP contribution >= 0.6 is 0 Å². The molecule has 6 nitrogen and oxygen atoms in total. The molecule has 1 aromatic heterocycles. The molecular formula is C21H25N3O3. The van der Waals surface area contributed by atoms with Crippen molar-refractivity contribution in [1.29, 1.82) is 5.41 Å². The Kier molecular flexibility index (Phi) is 6.06. The first-order chi connectivity index (χ1) is 13.2. The summed E-state index contributed by atoms with van der Waals surface area (Å²) in [6, 6.07) is 7.84. The van der Waals surface area contributed by atoms with Crippen molar-refractivity contribution in [2.75, 3.05) is 19.0 Å². The summed E-state index contributed by atoms with van der Waals surface area (Å²) in [5, 5.41) is 11.2. The van der Waals surface area contributed by atoms with Crippen LogP contribution in [0, 0.1) is 11.3 Å². The lowest BCUT2D eigenvalue weighted by molar-refractivity contribution is -0.148. The van der Waals surface area contributed by atoms with Crippen LogP contribution in [0.15, 0.2) is 30.5 Å². The number of ether oxygens (including phenoxy) is 2. The topological polar surface area (TPSA) is 84.3 Å². The number of carbonyl (C=O) groups excluding carboxylic acids is 1. The number of hydrogen-bond donors (Lipinski definition) is 2. The number of esters is 1. The third kappa shape index (κ3) is 4.27. The number of nitrogens with one attached hydrogen (secondary N) is 2. The lowest BCUT2D eigenvalue weighted by Crippen LogP contribution is -2.26. The van der Waals surface area contributed by atoms with E-state index in [1.807, 2.05) is 37.4 Å². The van der Waals surface area contributed by atoms with Gasteiger partial charge in [-0.05, 0) is 55.0 Å². The molecule has 6 heteroatoms. The third-order valence-electron chi connectivity index (χ3n) is 4.91. The zero-order valence-electron chi connectivity index (χ0n) is 15.7. The Morgan fingerprint density at radius 2 is 2.15 bits per heavy atom. The molecule has 1 aromatic carbocycles. The van der Waals surface area contributed by atoms with Crippen molar-refractivity contribution in [1.82, 2.24) is 4.98 Å². The molecule has 0 aliphatic heterocycles. The van der Waals surface area contributed by atoms with Crippen LogP contribution in [0.4, 0.5) is 5.82 Å². The van der Waals surface area contributed by atoms with Crippen molar-refractivity contribution >= 4 is 18.0 Å². The van der Waals surface area contributed by atoms with E-state index in [0.29, 0.717) is 25.4 Å². The van der Waals surface area contributed by atoms with Crippen LogP contribution in [-0.2, 0) is 28.9 Å². The predicted octanol–water partition coefficient (Wildman–Crippen LogP) is 3.37. The van der Waals surface area contributed by atoms with Crippen LogP contribution in [0.3, 0.4) is 0 Å². The van der Waals surface area contributed by atoms with E-state index in [9.17, 15) is 4.79 Å². The first kappa shape index (κ1) is 18.9. The Morgan fingerprint density at radius 1 is 1.37 bits per heavy atom. The largest absolute Gasteiger partial charge is 0.497 e. The molecule has 1 unspecified atom stereocenters. The summed E-state index contributed by atoms with van der Waals surface area (Å²) in [6.07, 6.45) is 5.30. The van der Waals surface area contributed by atoms with Crippen molar-refractivity contribution in [3.05, 3.63) is 52.7 Å². The van der Waals surface area contributed by atoms with Gasteiger partial charge >= 0.3 is 5.97 Å². The summed E-state index contributed by atoms with van der Waals surface area (Å²) < 4.78 is 10.3. The van der Waals surface area contributed by atoms with E-state index in [0.717, 1.165) is 40.8 Å². The van der Waals surface area contributed by atoms with E-state index in [1.165, 1.54) is 6.21 Å². The summed E-state index contributed by atoms with van der Waals surface area (Å²) in [5.74, 6) is 1.27. The molecule has 1 heterocycles. The van der Waals surface area contributed by atoms with Crippen LogP contribution in [-0.4, -0.2) is 30.9 Å². The summed E-state index contributed by atoms with van der Waals surface area (Å²) in [6.45, 7) is 2.84. The minimum atomic E-state index is -0.138. The maximum Gasteiger partial charge on any atom is 0.309 e. The van der Waals surface area contributed by atoms with Crippen molar-refractivity contribution < 1.29 is 14.3 Å². The molecular weight excluding hydrogens is 342 g/mol. The van der Waals surface area contributed by atoms with Gasteiger partial charge in [-0.3, -0.25) is 4.79 Å². The molecule has 2 N–H and O–H groups in total. The second-order valence-corrected chi connectivity index (χ2v) is 6.56. The lowest BCUT2D eigenvalue weighted by atomic mass is 9.83. The first-order valence-corrected chi connectivity index (χ1v) is 9.20. The number of hydrogen-bond acceptors (Lipinski definition) is 6. The molecule has 1 aliphatic rings. The fraction of sp³-hybridized carbons (Fsp3) is 0.381. The highest BCUT2D eigenvalue weighted by Gasteiger charge is 2.28. The monoisotopic (exact) mass is 367 g/mol. The Hall–Kier alpha value is -2.89. The van der Waals surface area contributed by atoms with Crippen molar-refractivity contribution in [3.63, 3.8) is 0 Å². The minimum Gasteiger partial charge on any atom is -0.497 e. The van der Waals surface area contributed by atoms with Gasteiger partial charge in [-0.15, -0.1) is 0 Å². The van der Waals surface area contributed by atoms with Crippen LogP contribution < -0.4 is 10.1 Å². The summed E-state index contributed by atoms with van der Waals surface area (Å²) >= 11 is 0. The molecule has 0 amide bonds. The number of anilines is 1. The predicted molar refractivity (Wildman–Crippen MR) is 105 cm³/mol. The SMILES string of the molecule is CCOC(=O)C1CCc2c(cnc(NCc3ccc(OC)cc3)c2C=N)C1. The number of methoxy groups -OCH3 is 1. The molecule has 0 fully saturated rings. The van der Waals surface area contributed by atoms with Gasteiger partial charge < -0.3 is 20.2 Å². The fourth-order valence-electron chi connectivity index (χ4n) is 3.45. The van der Waals surface area contributed by atoms with Crippen molar-refractivity contribution in [2.24, 2.45) is 5.92 Å². The van der Waals surface area contributed by atoms with E-state index in [-0.39, 0.29) is 11.9 Å². The van der Waals surface area contributed by atoms with Crippen LogP contribution in [0.25, 0.3) is 0 Å². The molecule has 1 aliphatic carbocycles. The Balaban J connectivity index is 1.74. The van der Waals surface area contributed by atoms with E-state index < -0.39 is 0 Å². The van der Waals surface area contributed by atoms with Crippen LogP contribution in [0.1, 0.15) is 35.6 Å². The number of aromatic nitrogens is 1. The van der Waals surface area contributed by atoms with Gasteiger partial charge in [-0.2, -0.15) is 0 Å². The smallest absolute Gasteiger partial charge is 0.309 e. The third-order valence-corrected chi connectivity index (χ3v) is 4.91. The average Bonchev–Trinajstić information content (AvgIpc) is 2.71. The van der Waals surface area contributed by atoms with Gasteiger partial charge in [0.2, 0.25) is 0 Å². The highest BCUT2D eigenvalue weighted by Crippen LogP contribution is 2.30. The van der Waals surface area contributed by atoms with E-state index >= 15 is 0 Å². The fourth-order valence-corrected chi connectivity index (χ4v) is 3.45. The number of benzene rings is 1. The molecule has 0 saturated carbocycles. The Labute approximate surface area is 159 Å². The molecule has 142 valence electrons. The molecule has 27 heavy (non-hydrogen) atoms. The average molecular weight is 367 g/mol. The maximum atomic E-state index is 12.0. The quantitative estimate of drug-likeness (QED) is 0.579. The van der Waals surface area contributed by atoms with Crippen LogP contribution in [0.2, 0.25) is 0 Å². The van der Waals surface area contributed by atoms with Gasteiger partial charge in [0.05, 0.1) is 19.6 Å². The van der Waals surface area contributed by atoms with Gasteiger partial charge in [-0.1, -0.05) is 12.1 Å². The molecule has 2 aromatic rings. The maximum absolute atomic E-state index is 12.0. The summed E-state index contributed by atoms with van der Waals surface area (Å²) in [5.41, 5.74) is 4.06. The molecule has 0 saturated heterocycles. The van der Waals surface area contributed by atoms with Gasteiger partial charge in [0.15, 0.2) is 0 Å². The van der Waals surface area contributed by atoms with Gasteiger partial charge in [0.25, 0.3) is 0 Å². The first-order valence-electron chi connectivity index (χ1n) is 9.20. The highest BCUT2D eigenvalue weighted by molar-refractivity contribution is 5.87. The second-order valence-electron chi connectivity index (χ2n) is 6.56.